The largest absolute Gasteiger partial charge is 0.653 e. The highest BCUT2D eigenvalue weighted by molar-refractivity contribution is 6.74. The van der Waals surface area contributed by atoms with Crippen LogP contribution in [-0.2, 0) is 0 Å². The Hall–Kier alpha value is -0.556. The molecule has 0 fully saturated rings. The number of hydrogen-bond donors (Lipinski definition) is 0. The molecule has 5 heteroatoms. The average molecular weight is 220 g/mol. The zero-order valence-electron chi connectivity index (χ0n) is 7.52. The van der Waals surface area contributed by atoms with Crippen LogP contribution < -0.4 is 10.4 Å². The summed E-state index contributed by atoms with van der Waals surface area (Å²) >= 11 is 0. The molecule has 72 valence electrons. The van der Waals surface area contributed by atoms with Crippen LogP contribution in [0.1, 0.15) is 0 Å². The molecule has 0 radical (unpaired) electrons. The van der Waals surface area contributed by atoms with Crippen molar-refractivity contribution in [2.24, 2.45) is 0 Å². The van der Waals surface area contributed by atoms with E-state index in [1.807, 2.05) is 0 Å². The molecule has 0 saturated heterocycles. The van der Waals surface area contributed by atoms with Crippen LogP contribution in [0.3, 0.4) is 0 Å². The third-order valence-electron chi connectivity index (χ3n) is 1.90. The summed E-state index contributed by atoms with van der Waals surface area (Å²) in [6.45, 7) is 4.19. The van der Waals surface area contributed by atoms with Crippen molar-refractivity contribution < 1.29 is 12.3 Å². The quantitative estimate of drug-likeness (QED) is 0.522. The second-order valence-corrected chi connectivity index (χ2v) is 7.82. The second kappa shape index (κ2) is 3.67. The van der Waals surface area contributed by atoms with Crippen molar-refractivity contribution in [3.63, 3.8) is 0 Å². The topological polar surface area (TPSA) is 0 Å². The van der Waals surface area contributed by atoms with Crippen LogP contribution in [0.15, 0.2) is 24.3 Å². The van der Waals surface area contributed by atoms with E-state index in [2.05, 4.69) is 13.1 Å². The lowest BCUT2D eigenvalue weighted by Gasteiger charge is -2.06. The molecule has 0 bridgehead atoms. The highest BCUT2D eigenvalue weighted by Crippen LogP contribution is 2.07. The van der Waals surface area contributed by atoms with Crippen molar-refractivity contribution in [1.82, 2.24) is 0 Å². The molecular formula is C8H11F3Si2. The Balaban J connectivity index is 2.94. The molecule has 0 unspecified atom stereocenters. The summed E-state index contributed by atoms with van der Waals surface area (Å²) in [4.78, 5) is 0. The number of rotatable bonds is 2. The van der Waals surface area contributed by atoms with Crippen molar-refractivity contribution in [1.29, 1.82) is 0 Å². The van der Waals surface area contributed by atoms with Crippen LogP contribution in [0.4, 0.5) is 12.3 Å². The van der Waals surface area contributed by atoms with E-state index in [9.17, 15) is 12.3 Å². The van der Waals surface area contributed by atoms with Gasteiger partial charge in [-0.25, -0.2) is 12.3 Å². The van der Waals surface area contributed by atoms with Gasteiger partial charge in [0.25, 0.3) is 0 Å². The monoisotopic (exact) mass is 220 g/mol. The van der Waals surface area contributed by atoms with E-state index in [0.29, 0.717) is 0 Å². The van der Waals surface area contributed by atoms with Crippen molar-refractivity contribution >= 4 is 28.2 Å². The molecule has 0 aliphatic heterocycles. The summed E-state index contributed by atoms with van der Waals surface area (Å²) in [6, 6.07) is 5.67. The molecule has 0 aliphatic carbocycles. The number of benzene rings is 1. The number of hydrogen-bond acceptors (Lipinski definition) is 0. The summed E-state index contributed by atoms with van der Waals surface area (Å²) in [7, 11) is -6.53. The minimum Gasteiger partial charge on any atom is -0.234 e. The van der Waals surface area contributed by atoms with Gasteiger partial charge in [0.1, 0.15) is 0 Å². The van der Waals surface area contributed by atoms with Gasteiger partial charge in [-0.2, -0.15) is 0 Å². The molecule has 1 rings (SSSR count). The van der Waals surface area contributed by atoms with Crippen LogP contribution in [-0.4, -0.2) is 17.9 Å². The molecule has 0 saturated carbocycles. The highest BCUT2D eigenvalue weighted by atomic mass is 28.5. The average Bonchev–Trinajstić information content (AvgIpc) is 2.03. The minimum absolute atomic E-state index is 0.425. The molecule has 0 N–H and O–H groups in total. The summed E-state index contributed by atoms with van der Waals surface area (Å²) in [5, 5.41) is 0.660. The molecule has 0 aromatic heterocycles. The van der Waals surface area contributed by atoms with Crippen LogP contribution in [0, 0.1) is 0 Å². The van der Waals surface area contributed by atoms with E-state index >= 15 is 0 Å². The molecule has 0 aliphatic rings. The van der Waals surface area contributed by atoms with Crippen molar-refractivity contribution in [3.05, 3.63) is 24.3 Å². The van der Waals surface area contributed by atoms with E-state index < -0.39 is 23.1 Å². The molecule has 0 atom stereocenters. The van der Waals surface area contributed by atoms with E-state index in [1.54, 1.807) is 12.1 Å². The van der Waals surface area contributed by atoms with E-state index in [4.69, 9.17) is 0 Å². The standard InChI is InChI=1S/C8H11F3Si2/c1-12(2)7-3-5-8(6-4-7)13(9,10)11/h3-6,12H,1-2H3. The lowest BCUT2D eigenvalue weighted by atomic mass is 10.4. The maximum atomic E-state index is 12.3. The van der Waals surface area contributed by atoms with E-state index in [1.165, 1.54) is 12.1 Å². The predicted molar refractivity (Wildman–Crippen MR) is 53.7 cm³/mol. The fourth-order valence-electron chi connectivity index (χ4n) is 1.06. The maximum absolute atomic E-state index is 12.3. The first-order valence-electron chi connectivity index (χ1n) is 4.08. The van der Waals surface area contributed by atoms with Crippen molar-refractivity contribution in [2.45, 2.75) is 13.1 Å². The first kappa shape index (κ1) is 10.5. The van der Waals surface area contributed by atoms with Crippen molar-refractivity contribution in [3.8, 4) is 0 Å². The van der Waals surface area contributed by atoms with Gasteiger partial charge in [0.15, 0.2) is 0 Å². The first-order valence-corrected chi connectivity index (χ1v) is 8.60. The first-order chi connectivity index (χ1) is 5.91. The van der Waals surface area contributed by atoms with Gasteiger partial charge in [0.2, 0.25) is 0 Å². The van der Waals surface area contributed by atoms with E-state index in [0.717, 1.165) is 5.19 Å². The Morgan fingerprint density at radius 2 is 1.46 bits per heavy atom. The van der Waals surface area contributed by atoms with Crippen LogP contribution >= 0.6 is 0 Å². The van der Waals surface area contributed by atoms with Gasteiger partial charge < -0.3 is 0 Å². The molecule has 1 aromatic carbocycles. The zero-order chi connectivity index (χ0) is 10.1. The zero-order valence-corrected chi connectivity index (χ0v) is 9.68. The molecule has 0 amide bonds. The maximum Gasteiger partial charge on any atom is 0.653 e. The van der Waals surface area contributed by atoms with Gasteiger partial charge in [-0.05, 0) is 0 Å². The Morgan fingerprint density at radius 3 is 1.77 bits per heavy atom. The van der Waals surface area contributed by atoms with Gasteiger partial charge in [-0.1, -0.05) is 42.5 Å². The second-order valence-electron chi connectivity index (χ2n) is 3.27. The molecule has 0 heterocycles. The summed E-state index contributed by atoms with van der Waals surface area (Å²) in [6.07, 6.45) is 0. The Labute approximate surface area is 78.5 Å². The van der Waals surface area contributed by atoms with Gasteiger partial charge in [-0.3, -0.25) is 0 Å². The smallest absolute Gasteiger partial charge is 0.234 e. The van der Waals surface area contributed by atoms with E-state index in [-0.39, 0.29) is 0 Å². The van der Waals surface area contributed by atoms with Crippen molar-refractivity contribution in [2.75, 3.05) is 0 Å². The summed E-state index contributed by atoms with van der Waals surface area (Å²) in [5.41, 5.74) is 0. The van der Waals surface area contributed by atoms with Crippen LogP contribution in [0.5, 0.6) is 0 Å². The Morgan fingerprint density at radius 1 is 1.00 bits per heavy atom. The molecule has 13 heavy (non-hydrogen) atoms. The molecule has 0 spiro atoms. The molecular weight excluding hydrogens is 209 g/mol. The van der Waals surface area contributed by atoms with Gasteiger partial charge in [-0.15, -0.1) is 0 Å². The normalized spacial score (nSPS) is 12.2. The van der Waals surface area contributed by atoms with Crippen LogP contribution in [0.2, 0.25) is 13.1 Å². The Kier molecular flexibility index (Phi) is 2.97. The minimum atomic E-state index is -5.58. The summed E-state index contributed by atoms with van der Waals surface area (Å²) in [5.74, 6) is 0. The highest BCUT2D eigenvalue weighted by Gasteiger charge is 2.39. The third-order valence-corrected chi connectivity index (χ3v) is 4.61. The lowest BCUT2D eigenvalue weighted by Crippen LogP contribution is -2.35. The van der Waals surface area contributed by atoms with Gasteiger partial charge in [0.05, 0.1) is 8.80 Å². The lowest BCUT2D eigenvalue weighted by molar-refractivity contribution is 0.501. The predicted octanol–water partition coefficient (Wildman–Crippen LogP) is 1.43. The number of halogens is 3. The van der Waals surface area contributed by atoms with Gasteiger partial charge in [0, 0.05) is 5.19 Å². The summed E-state index contributed by atoms with van der Waals surface area (Å²) < 4.78 is 36.8. The Bertz CT molecular complexity index is 276. The fourth-order valence-corrected chi connectivity index (χ4v) is 2.56. The van der Waals surface area contributed by atoms with Crippen LogP contribution in [0.25, 0.3) is 0 Å². The third kappa shape index (κ3) is 2.70. The SMILES string of the molecule is C[SiH](C)c1ccc([Si](F)(F)F)cc1. The van der Waals surface area contributed by atoms with Gasteiger partial charge >= 0.3 is 9.08 Å². The molecule has 0 nitrogen and oxygen atoms in total. The molecule has 1 aromatic rings. The fraction of sp³-hybridized carbons (Fsp3) is 0.250.